The van der Waals surface area contributed by atoms with Gasteiger partial charge in [-0.2, -0.15) is 0 Å². The van der Waals surface area contributed by atoms with Crippen LogP contribution >= 0.6 is 0 Å². The van der Waals surface area contributed by atoms with Crippen LogP contribution in [-0.2, 0) is 0 Å². The molecule has 0 aromatic heterocycles. The van der Waals surface area contributed by atoms with Crippen LogP contribution in [0.4, 0.5) is 8.78 Å². The first-order valence-corrected chi connectivity index (χ1v) is 3.96. The third kappa shape index (κ3) is 9.78. The van der Waals surface area contributed by atoms with Gasteiger partial charge in [-0.15, -0.1) is 0 Å². The molecule has 0 aliphatic rings. The van der Waals surface area contributed by atoms with Gasteiger partial charge in [-0.1, -0.05) is 6.42 Å². The Hall–Kier alpha value is -0.220. The second kappa shape index (κ2) is 7.88. The van der Waals surface area contributed by atoms with Crippen LogP contribution in [0.2, 0.25) is 0 Å². The first kappa shape index (κ1) is 10.8. The molecule has 2 nitrogen and oxygen atoms in total. The zero-order valence-corrected chi connectivity index (χ0v) is 6.65. The van der Waals surface area contributed by atoms with Crippen LogP contribution in [0, 0.1) is 0 Å². The second-order valence-corrected chi connectivity index (χ2v) is 2.44. The van der Waals surface area contributed by atoms with E-state index in [0.29, 0.717) is 13.1 Å². The van der Waals surface area contributed by atoms with Crippen molar-refractivity contribution in [1.82, 2.24) is 5.32 Å². The van der Waals surface area contributed by atoms with Crippen LogP contribution in [0.5, 0.6) is 0 Å². The molecule has 11 heavy (non-hydrogen) atoms. The average molecular weight is 166 g/mol. The number of alkyl halides is 2. The van der Waals surface area contributed by atoms with Gasteiger partial charge in [0.1, 0.15) is 0 Å². The summed E-state index contributed by atoms with van der Waals surface area (Å²) in [5.41, 5.74) is 5.25. The van der Waals surface area contributed by atoms with Gasteiger partial charge in [0.2, 0.25) is 0 Å². The summed E-state index contributed by atoms with van der Waals surface area (Å²) in [5, 5.41) is 2.65. The molecule has 0 atom stereocenters. The molecule has 0 rings (SSSR count). The maximum absolute atomic E-state index is 11.5. The summed E-state index contributed by atoms with van der Waals surface area (Å²) < 4.78 is 23.1. The maximum atomic E-state index is 11.5. The van der Waals surface area contributed by atoms with Crippen molar-refractivity contribution < 1.29 is 8.78 Å². The molecule has 3 N–H and O–H groups in total. The van der Waals surface area contributed by atoms with Crippen molar-refractivity contribution in [3.8, 4) is 0 Å². The summed E-state index contributed by atoms with van der Waals surface area (Å²) in [5.74, 6) is 0. The monoisotopic (exact) mass is 166 g/mol. The van der Waals surface area contributed by atoms with Crippen LogP contribution in [0.1, 0.15) is 19.3 Å². The number of hydrogen-bond acceptors (Lipinski definition) is 2. The van der Waals surface area contributed by atoms with Crippen molar-refractivity contribution in [2.75, 3.05) is 19.6 Å². The Morgan fingerprint density at radius 2 is 1.91 bits per heavy atom. The van der Waals surface area contributed by atoms with Gasteiger partial charge in [-0.3, -0.25) is 0 Å². The molecule has 0 fully saturated rings. The summed E-state index contributed by atoms with van der Waals surface area (Å²) in [7, 11) is 0. The summed E-state index contributed by atoms with van der Waals surface area (Å²) in [6.07, 6.45) is 0.706. The number of rotatable bonds is 7. The molecule has 0 aliphatic carbocycles. The van der Waals surface area contributed by atoms with Crippen molar-refractivity contribution in [2.45, 2.75) is 25.7 Å². The number of nitrogens with one attached hydrogen (secondary N) is 1. The lowest BCUT2D eigenvalue weighted by Crippen LogP contribution is -2.22. The molecule has 0 spiro atoms. The Bertz CT molecular complexity index is 78.8. The fourth-order valence-electron chi connectivity index (χ4n) is 0.782. The number of nitrogens with two attached hydrogens (primary N) is 1. The highest BCUT2D eigenvalue weighted by molar-refractivity contribution is 4.50. The fourth-order valence-corrected chi connectivity index (χ4v) is 0.782. The van der Waals surface area contributed by atoms with Crippen LogP contribution in [0.3, 0.4) is 0 Å². The van der Waals surface area contributed by atoms with E-state index in [0.717, 1.165) is 19.3 Å². The third-order valence-corrected chi connectivity index (χ3v) is 1.36. The predicted molar refractivity (Wildman–Crippen MR) is 41.8 cm³/mol. The van der Waals surface area contributed by atoms with E-state index < -0.39 is 6.43 Å². The van der Waals surface area contributed by atoms with Crippen molar-refractivity contribution in [1.29, 1.82) is 0 Å². The topological polar surface area (TPSA) is 38.0 Å². The second-order valence-electron chi connectivity index (χ2n) is 2.44. The standard InChI is InChI=1S/C7H16F2N2/c8-7(9)6-11-5-3-1-2-4-10/h7,11H,1-6,10H2. The molecule has 0 unspecified atom stereocenters. The largest absolute Gasteiger partial charge is 0.330 e. The minimum atomic E-state index is -2.23. The Labute approximate surface area is 66.1 Å². The molecule has 0 aromatic rings. The molecule has 0 radical (unpaired) electrons. The van der Waals surface area contributed by atoms with Crippen molar-refractivity contribution in [2.24, 2.45) is 5.73 Å². The number of halogens is 2. The summed E-state index contributed by atoms with van der Waals surface area (Å²) in [6, 6.07) is 0. The van der Waals surface area contributed by atoms with E-state index >= 15 is 0 Å². The molecule has 0 amide bonds. The van der Waals surface area contributed by atoms with Crippen LogP contribution in [0.25, 0.3) is 0 Å². The van der Waals surface area contributed by atoms with Gasteiger partial charge in [-0.05, 0) is 25.9 Å². The van der Waals surface area contributed by atoms with Gasteiger partial charge in [0, 0.05) is 0 Å². The average Bonchev–Trinajstić information content (AvgIpc) is 1.96. The molecule has 0 aromatic carbocycles. The Morgan fingerprint density at radius 3 is 2.45 bits per heavy atom. The fraction of sp³-hybridized carbons (Fsp3) is 1.00. The lowest BCUT2D eigenvalue weighted by molar-refractivity contribution is 0.146. The van der Waals surface area contributed by atoms with E-state index in [2.05, 4.69) is 5.32 Å². The normalized spacial score (nSPS) is 10.9. The highest BCUT2D eigenvalue weighted by atomic mass is 19.3. The van der Waals surface area contributed by atoms with Crippen molar-refractivity contribution in [3.05, 3.63) is 0 Å². The van der Waals surface area contributed by atoms with Gasteiger partial charge in [-0.25, -0.2) is 8.78 Å². The first-order chi connectivity index (χ1) is 5.27. The van der Waals surface area contributed by atoms with Gasteiger partial charge in [0.15, 0.2) is 0 Å². The van der Waals surface area contributed by atoms with Crippen LogP contribution < -0.4 is 11.1 Å². The molecular weight excluding hydrogens is 150 g/mol. The van der Waals surface area contributed by atoms with Gasteiger partial charge < -0.3 is 11.1 Å². The summed E-state index contributed by atoms with van der Waals surface area (Å²) in [6.45, 7) is 1.17. The minimum absolute atomic E-state index is 0.192. The highest BCUT2D eigenvalue weighted by Gasteiger charge is 1.98. The number of hydrogen-bond donors (Lipinski definition) is 2. The Morgan fingerprint density at radius 1 is 1.18 bits per heavy atom. The van der Waals surface area contributed by atoms with Gasteiger partial charge >= 0.3 is 0 Å². The number of unbranched alkanes of at least 4 members (excludes halogenated alkanes) is 2. The first-order valence-electron chi connectivity index (χ1n) is 3.96. The smallest absolute Gasteiger partial charge is 0.250 e. The molecule has 0 saturated carbocycles. The SMILES string of the molecule is NCCCCCNCC(F)F. The van der Waals surface area contributed by atoms with Gasteiger partial charge in [0.25, 0.3) is 6.43 Å². The van der Waals surface area contributed by atoms with E-state index in [1.807, 2.05) is 0 Å². The summed E-state index contributed by atoms with van der Waals surface area (Å²) >= 11 is 0. The lowest BCUT2D eigenvalue weighted by Gasteiger charge is -2.02. The van der Waals surface area contributed by atoms with Crippen LogP contribution in [-0.4, -0.2) is 26.1 Å². The molecule has 0 aliphatic heterocycles. The van der Waals surface area contributed by atoms with Crippen molar-refractivity contribution >= 4 is 0 Å². The van der Waals surface area contributed by atoms with Gasteiger partial charge in [0.05, 0.1) is 6.54 Å². The zero-order valence-electron chi connectivity index (χ0n) is 6.65. The highest BCUT2D eigenvalue weighted by Crippen LogP contribution is 1.92. The molecule has 4 heteroatoms. The van der Waals surface area contributed by atoms with Crippen LogP contribution in [0.15, 0.2) is 0 Å². The Kier molecular flexibility index (Phi) is 7.72. The summed E-state index contributed by atoms with van der Waals surface area (Å²) in [4.78, 5) is 0. The van der Waals surface area contributed by atoms with E-state index in [9.17, 15) is 8.78 Å². The lowest BCUT2D eigenvalue weighted by atomic mass is 10.2. The minimum Gasteiger partial charge on any atom is -0.330 e. The van der Waals surface area contributed by atoms with Crippen molar-refractivity contribution in [3.63, 3.8) is 0 Å². The van der Waals surface area contributed by atoms with E-state index in [1.165, 1.54) is 0 Å². The van der Waals surface area contributed by atoms with E-state index in [-0.39, 0.29) is 6.54 Å². The molecule has 0 saturated heterocycles. The Balaban J connectivity index is 2.80. The van der Waals surface area contributed by atoms with E-state index in [1.54, 1.807) is 0 Å². The molecule has 68 valence electrons. The molecule has 0 heterocycles. The van der Waals surface area contributed by atoms with E-state index in [4.69, 9.17) is 5.73 Å². The predicted octanol–water partition coefficient (Wildman–Crippen LogP) is 0.970. The molecule has 0 bridgehead atoms. The zero-order chi connectivity index (χ0) is 8.53. The third-order valence-electron chi connectivity index (χ3n) is 1.36. The maximum Gasteiger partial charge on any atom is 0.250 e. The molecular formula is C7H16F2N2. The quantitative estimate of drug-likeness (QED) is 0.553.